The van der Waals surface area contributed by atoms with Gasteiger partial charge < -0.3 is 10.2 Å². The molecule has 1 heterocycles. The van der Waals surface area contributed by atoms with Gasteiger partial charge in [-0.2, -0.15) is 13.2 Å². The Morgan fingerprint density at radius 1 is 1.41 bits per heavy atom. The molecule has 1 aromatic rings. The number of alkyl halides is 3. The van der Waals surface area contributed by atoms with Crippen LogP contribution in [0.5, 0.6) is 0 Å². The molecule has 0 spiro atoms. The third-order valence-corrected chi connectivity index (χ3v) is 3.42. The van der Waals surface area contributed by atoms with Gasteiger partial charge in [0, 0.05) is 19.5 Å². The summed E-state index contributed by atoms with van der Waals surface area (Å²) in [6, 6.07) is 3.76. The Kier molecular flexibility index (Phi) is 5.19. The third kappa shape index (κ3) is 3.66. The highest BCUT2D eigenvalue weighted by Crippen LogP contribution is 2.40. The van der Waals surface area contributed by atoms with Crippen molar-refractivity contribution in [3.05, 3.63) is 28.8 Å². The first-order chi connectivity index (χ1) is 10.4. The Morgan fingerprint density at radius 2 is 2.18 bits per heavy atom. The minimum atomic E-state index is -4.49. The molecule has 0 bridgehead atoms. The second-order valence-electron chi connectivity index (χ2n) is 4.59. The van der Waals surface area contributed by atoms with Gasteiger partial charge in [0.25, 0.3) is 0 Å². The van der Waals surface area contributed by atoms with Gasteiger partial charge >= 0.3 is 6.18 Å². The summed E-state index contributed by atoms with van der Waals surface area (Å²) in [6.07, 6.45) is -4.08. The molecular weight excluding hydrogens is 315 g/mol. The van der Waals surface area contributed by atoms with Gasteiger partial charge in [-0.15, -0.1) is 11.8 Å². The minimum absolute atomic E-state index is 0.0377. The summed E-state index contributed by atoms with van der Waals surface area (Å²) in [4.78, 5) is 5.67. The van der Waals surface area contributed by atoms with Gasteiger partial charge in [0.15, 0.2) is 5.96 Å². The SMILES string of the molecule is CC#CCCN(C1=NCCN1)c1c(Cl)cccc1C(F)(F)F. The fourth-order valence-electron chi connectivity index (χ4n) is 2.20. The van der Waals surface area contributed by atoms with E-state index in [0.29, 0.717) is 25.5 Å². The second-order valence-corrected chi connectivity index (χ2v) is 5.00. The Morgan fingerprint density at radius 3 is 2.77 bits per heavy atom. The van der Waals surface area contributed by atoms with Crippen molar-refractivity contribution >= 4 is 23.2 Å². The molecule has 1 aliphatic heterocycles. The lowest BCUT2D eigenvalue weighted by Gasteiger charge is -2.27. The zero-order valence-electron chi connectivity index (χ0n) is 12.0. The van der Waals surface area contributed by atoms with Crippen molar-refractivity contribution in [2.75, 3.05) is 24.5 Å². The van der Waals surface area contributed by atoms with Crippen LogP contribution in [0.25, 0.3) is 0 Å². The molecule has 0 amide bonds. The minimum Gasteiger partial charge on any atom is -0.354 e. The second kappa shape index (κ2) is 6.93. The lowest BCUT2D eigenvalue weighted by atomic mass is 10.1. The van der Waals surface area contributed by atoms with Crippen LogP contribution >= 0.6 is 11.6 Å². The molecular formula is C15H15ClF3N3. The number of rotatable bonds is 3. The van der Waals surface area contributed by atoms with E-state index in [2.05, 4.69) is 22.2 Å². The number of halogens is 4. The highest BCUT2D eigenvalue weighted by atomic mass is 35.5. The molecule has 1 aromatic carbocycles. The van der Waals surface area contributed by atoms with Crippen LogP contribution in [-0.4, -0.2) is 25.6 Å². The maximum absolute atomic E-state index is 13.3. The number of hydrogen-bond acceptors (Lipinski definition) is 3. The molecule has 22 heavy (non-hydrogen) atoms. The van der Waals surface area contributed by atoms with Crippen molar-refractivity contribution in [3.8, 4) is 11.8 Å². The van der Waals surface area contributed by atoms with Crippen LogP contribution in [0.15, 0.2) is 23.2 Å². The Balaban J connectivity index is 2.48. The van der Waals surface area contributed by atoms with Crippen LogP contribution in [0, 0.1) is 11.8 Å². The standard InChI is InChI=1S/C15H15ClF3N3/c1-2-3-4-10-22(14-20-8-9-21-14)13-11(15(17,18)19)6-5-7-12(13)16/h5-7H,4,8-10H2,1H3,(H,20,21). The summed E-state index contributed by atoms with van der Waals surface area (Å²) in [6.45, 7) is 3.08. The van der Waals surface area contributed by atoms with E-state index in [1.165, 1.54) is 17.0 Å². The molecule has 2 rings (SSSR count). The van der Waals surface area contributed by atoms with Gasteiger partial charge in [-0.1, -0.05) is 17.7 Å². The smallest absolute Gasteiger partial charge is 0.354 e. The molecule has 0 unspecified atom stereocenters. The number of anilines is 1. The van der Waals surface area contributed by atoms with Crippen LogP contribution < -0.4 is 10.2 Å². The van der Waals surface area contributed by atoms with Crippen LogP contribution in [0.1, 0.15) is 18.9 Å². The van der Waals surface area contributed by atoms with Gasteiger partial charge in [-0.3, -0.25) is 4.99 Å². The van der Waals surface area contributed by atoms with E-state index in [9.17, 15) is 13.2 Å². The van der Waals surface area contributed by atoms with E-state index >= 15 is 0 Å². The summed E-state index contributed by atoms with van der Waals surface area (Å²) < 4.78 is 39.9. The normalized spacial score (nSPS) is 14.0. The number of nitrogens with zero attached hydrogens (tertiary/aromatic N) is 2. The predicted octanol–water partition coefficient (Wildman–Crippen LogP) is 3.54. The average molecular weight is 330 g/mol. The van der Waals surface area contributed by atoms with Crippen molar-refractivity contribution in [2.45, 2.75) is 19.5 Å². The number of benzene rings is 1. The monoisotopic (exact) mass is 329 g/mol. The molecule has 0 radical (unpaired) electrons. The van der Waals surface area contributed by atoms with E-state index in [1.54, 1.807) is 6.92 Å². The van der Waals surface area contributed by atoms with Crippen molar-refractivity contribution in [1.29, 1.82) is 0 Å². The van der Waals surface area contributed by atoms with Crippen molar-refractivity contribution in [2.24, 2.45) is 4.99 Å². The van der Waals surface area contributed by atoms with Gasteiger partial charge in [0.2, 0.25) is 0 Å². The summed E-state index contributed by atoms with van der Waals surface area (Å²) in [5.74, 6) is 5.98. The molecule has 0 aliphatic carbocycles. The molecule has 1 aliphatic rings. The van der Waals surface area contributed by atoms with E-state index in [1.807, 2.05) is 0 Å². The molecule has 3 nitrogen and oxygen atoms in total. The Labute approximate surface area is 132 Å². The van der Waals surface area contributed by atoms with E-state index in [0.717, 1.165) is 6.07 Å². The van der Waals surface area contributed by atoms with Gasteiger partial charge in [0.05, 0.1) is 22.8 Å². The largest absolute Gasteiger partial charge is 0.418 e. The van der Waals surface area contributed by atoms with Crippen molar-refractivity contribution in [3.63, 3.8) is 0 Å². The predicted molar refractivity (Wildman–Crippen MR) is 82.2 cm³/mol. The van der Waals surface area contributed by atoms with Crippen LogP contribution in [0.2, 0.25) is 5.02 Å². The summed E-state index contributed by atoms with van der Waals surface area (Å²) in [5, 5.41) is 3.03. The number of aliphatic imine (C=N–C) groups is 1. The molecule has 0 saturated heterocycles. The topological polar surface area (TPSA) is 27.6 Å². The third-order valence-electron chi connectivity index (χ3n) is 3.11. The van der Waals surface area contributed by atoms with Gasteiger partial charge in [0.1, 0.15) is 0 Å². The molecule has 0 fully saturated rings. The van der Waals surface area contributed by atoms with Crippen molar-refractivity contribution in [1.82, 2.24) is 5.32 Å². The zero-order chi connectivity index (χ0) is 16.2. The molecule has 0 atom stereocenters. The van der Waals surface area contributed by atoms with Crippen LogP contribution in [0.3, 0.4) is 0 Å². The zero-order valence-corrected chi connectivity index (χ0v) is 12.7. The molecule has 118 valence electrons. The first-order valence-electron chi connectivity index (χ1n) is 6.76. The number of para-hydroxylation sites is 1. The lowest BCUT2D eigenvalue weighted by molar-refractivity contribution is -0.137. The average Bonchev–Trinajstić information content (AvgIpc) is 2.97. The van der Waals surface area contributed by atoms with Crippen LogP contribution in [0.4, 0.5) is 18.9 Å². The number of guanidine groups is 1. The first-order valence-corrected chi connectivity index (χ1v) is 7.14. The van der Waals surface area contributed by atoms with Gasteiger partial charge in [-0.05, 0) is 19.1 Å². The quantitative estimate of drug-likeness (QED) is 0.859. The molecule has 7 heteroatoms. The van der Waals surface area contributed by atoms with E-state index in [4.69, 9.17) is 11.6 Å². The van der Waals surface area contributed by atoms with Crippen LogP contribution in [-0.2, 0) is 6.18 Å². The summed E-state index contributed by atoms with van der Waals surface area (Å²) in [5.41, 5.74) is -0.858. The fraction of sp³-hybridized carbons (Fsp3) is 0.400. The number of hydrogen-bond donors (Lipinski definition) is 1. The van der Waals surface area contributed by atoms with Gasteiger partial charge in [-0.25, -0.2) is 0 Å². The number of nitrogens with one attached hydrogen (secondary N) is 1. The Bertz CT molecular complexity index is 629. The fourth-order valence-corrected chi connectivity index (χ4v) is 2.48. The Hall–Kier alpha value is -1.87. The molecule has 1 N–H and O–H groups in total. The highest BCUT2D eigenvalue weighted by molar-refractivity contribution is 6.34. The highest BCUT2D eigenvalue weighted by Gasteiger charge is 2.37. The summed E-state index contributed by atoms with van der Waals surface area (Å²) >= 11 is 6.06. The maximum atomic E-state index is 13.3. The maximum Gasteiger partial charge on any atom is 0.418 e. The van der Waals surface area contributed by atoms with E-state index in [-0.39, 0.29) is 17.3 Å². The molecule has 0 aromatic heterocycles. The summed E-state index contributed by atoms with van der Waals surface area (Å²) in [7, 11) is 0. The first kappa shape index (κ1) is 16.5. The van der Waals surface area contributed by atoms with E-state index < -0.39 is 11.7 Å². The molecule has 0 saturated carbocycles. The van der Waals surface area contributed by atoms with Crippen molar-refractivity contribution < 1.29 is 13.2 Å². The lowest BCUT2D eigenvalue weighted by Crippen LogP contribution is -2.40.